The van der Waals surface area contributed by atoms with Crippen molar-refractivity contribution in [2.45, 2.75) is 96.2 Å². The van der Waals surface area contributed by atoms with Gasteiger partial charge in [-0.25, -0.2) is 4.39 Å². The number of halogens is 3. The zero-order valence-electron chi connectivity index (χ0n) is 21.7. The van der Waals surface area contributed by atoms with Crippen LogP contribution in [-0.2, 0) is 4.74 Å². The molecule has 0 spiro atoms. The van der Waals surface area contributed by atoms with Gasteiger partial charge in [-0.05, 0) is 132 Å². The standard InChI is InChI=1S/C31H43F3O2/c1-2-3-23-12-18-29(19-13-23)35-22-26-8-6-24(7-9-26)4-5-25-10-14-27(15-11-25)31(33,34)36-30-20-16-28(32)17-21-30/h2-5,16-17,20-21,23-27,29H,6-15,18-19,22H2,1H3/b3-2+,5-4+. The Balaban J connectivity index is 1.11. The summed E-state index contributed by atoms with van der Waals surface area (Å²) in [6.07, 6.45) is 18.6. The van der Waals surface area contributed by atoms with Gasteiger partial charge in [0.25, 0.3) is 0 Å². The van der Waals surface area contributed by atoms with Crippen LogP contribution < -0.4 is 4.74 Å². The Kier molecular flexibility index (Phi) is 9.98. The van der Waals surface area contributed by atoms with Gasteiger partial charge >= 0.3 is 6.11 Å². The molecule has 0 heterocycles. The summed E-state index contributed by atoms with van der Waals surface area (Å²) in [7, 11) is 0. The Morgan fingerprint density at radius 3 is 1.86 bits per heavy atom. The molecule has 5 heteroatoms. The fourth-order valence-electron chi connectivity index (χ4n) is 6.24. The van der Waals surface area contributed by atoms with Gasteiger partial charge in [-0.1, -0.05) is 24.3 Å². The van der Waals surface area contributed by atoms with E-state index in [0.29, 0.717) is 36.7 Å². The van der Waals surface area contributed by atoms with E-state index in [1.54, 1.807) is 0 Å². The molecule has 3 aliphatic rings. The number of ether oxygens (including phenoxy) is 2. The highest BCUT2D eigenvalue weighted by Crippen LogP contribution is 2.41. The van der Waals surface area contributed by atoms with Crippen LogP contribution in [0.2, 0.25) is 0 Å². The average molecular weight is 505 g/mol. The van der Waals surface area contributed by atoms with Crippen LogP contribution in [0.3, 0.4) is 0 Å². The third kappa shape index (κ3) is 8.13. The molecular weight excluding hydrogens is 461 g/mol. The molecule has 1 aromatic rings. The smallest absolute Gasteiger partial charge is 0.400 e. The second-order valence-corrected chi connectivity index (χ2v) is 11.3. The van der Waals surface area contributed by atoms with Crippen LogP contribution >= 0.6 is 0 Å². The number of hydrogen-bond acceptors (Lipinski definition) is 2. The van der Waals surface area contributed by atoms with Crippen LogP contribution in [0.4, 0.5) is 13.2 Å². The molecule has 200 valence electrons. The molecule has 4 rings (SSSR count). The zero-order valence-corrected chi connectivity index (χ0v) is 21.7. The monoisotopic (exact) mass is 504 g/mol. The first-order valence-electron chi connectivity index (χ1n) is 14.2. The van der Waals surface area contributed by atoms with Crippen LogP contribution in [0.15, 0.2) is 48.6 Å². The lowest BCUT2D eigenvalue weighted by atomic mass is 9.79. The lowest BCUT2D eigenvalue weighted by Gasteiger charge is -2.33. The van der Waals surface area contributed by atoms with Gasteiger partial charge in [0.15, 0.2) is 0 Å². The van der Waals surface area contributed by atoms with E-state index < -0.39 is 17.8 Å². The number of hydrogen-bond donors (Lipinski definition) is 0. The van der Waals surface area contributed by atoms with Gasteiger partial charge in [0.05, 0.1) is 12.0 Å². The molecule has 0 atom stereocenters. The molecule has 3 saturated carbocycles. The minimum Gasteiger partial charge on any atom is -0.432 e. The summed E-state index contributed by atoms with van der Waals surface area (Å²) in [5, 5.41) is 0. The molecule has 0 unspecified atom stereocenters. The Morgan fingerprint density at radius 1 is 0.750 bits per heavy atom. The van der Waals surface area contributed by atoms with Crippen molar-refractivity contribution >= 4 is 0 Å². The van der Waals surface area contributed by atoms with Crippen molar-refractivity contribution < 1.29 is 22.6 Å². The minimum atomic E-state index is -3.22. The van der Waals surface area contributed by atoms with Gasteiger partial charge < -0.3 is 9.47 Å². The van der Waals surface area contributed by atoms with Crippen LogP contribution in [-0.4, -0.2) is 18.8 Å². The lowest BCUT2D eigenvalue weighted by Crippen LogP contribution is -2.37. The summed E-state index contributed by atoms with van der Waals surface area (Å²) >= 11 is 0. The molecule has 0 amide bonds. The largest absolute Gasteiger partial charge is 0.432 e. The number of alkyl halides is 2. The third-order valence-electron chi connectivity index (χ3n) is 8.61. The molecule has 0 bridgehead atoms. The number of benzene rings is 1. The molecule has 3 fully saturated rings. The Bertz CT molecular complexity index is 826. The first kappa shape index (κ1) is 27.3. The van der Waals surface area contributed by atoms with Crippen molar-refractivity contribution in [3.63, 3.8) is 0 Å². The average Bonchev–Trinajstić information content (AvgIpc) is 2.89. The number of allylic oxidation sites excluding steroid dienone is 4. The second-order valence-electron chi connectivity index (χ2n) is 11.3. The molecule has 0 radical (unpaired) electrons. The third-order valence-corrected chi connectivity index (χ3v) is 8.61. The fraction of sp³-hybridized carbons (Fsp3) is 0.677. The highest BCUT2D eigenvalue weighted by molar-refractivity contribution is 5.22. The Labute approximate surface area is 215 Å². The summed E-state index contributed by atoms with van der Waals surface area (Å²) in [4.78, 5) is 0. The maximum absolute atomic E-state index is 14.6. The summed E-state index contributed by atoms with van der Waals surface area (Å²) in [5.74, 6) is 1.18. The van der Waals surface area contributed by atoms with Gasteiger partial charge in [0.2, 0.25) is 0 Å². The minimum absolute atomic E-state index is 0.0150. The van der Waals surface area contributed by atoms with E-state index in [-0.39, 0.29) is 5.75 Å². The van der Waals surface area contributed by atoms with E-state index in [9.17, 15) is 13.2 Å². The molecule has 0 aliphatic heterocycles. The van der Waals surface area contributed by atoms with Crippen LogP contribution in [0.5, 0.6) is 5.75 Å². The van der Waals surface area contributed by atoms with Crippen LogP contribution in [0, 0.1) is 35.4 Å². The predicted octanol–water partition coefficient (Wildman–Crippen LogP) is 9.12. The van der Waals surface area contributed by atoms with Crippen molar-refractivity contribution in [2.75, 3.05) is 6.61 Å². The van der Waals surface area contributed by atoms with Crippen molar-refractivity contribution in [1.29, 1.82) is 0 Å². The highest BCUT2D eigenvalue weighted by Gasteiger charge is 2.43. The highest BCUT2D eigenvalue weighted by atomic mass is 19.3. The van der Waals surface area contributed by atoms with Crippen LogP contribution in [0.1, 0.15) is 84.0 Å². The van der Waals surface area contributed by atoms with E-state index in [4.69, 9.17) is 9.47 Å². The van der Waals surface area contributed by atoms with Gasteiger partial charge in [0.1, 0.15) is 11.6 Å². The predicted molar refractivity (Wildman–Crippen MR) is 139 cm³/mol. The first-order chi connectivity index (χ1) is 17.4. The van der Waals surface area contributed by atoms with E-state index in [2.05, 4.69) is 31.2 Å². The summed E-state index contributed by atoms with van der Waals surface area (Å²) in [5.41, 5.74) is 0. The van der Waals surface area contributed by atoms with Crippen molar-refractivity contribution in [1.82, 2.24) is 0 Å². The molecule has 0 N–H and O–H groups in total. The summed E-state index contributed by atoms with van der Waals surface area (Å²) in [6.45, 7) is 3.02. The van der Waals surface area contributed by atoms with Crippen LogP contribution in [0.25, 0.3) is 0 Å². The van der Waals surface area contributed by atoms with Gasteiger partial charge in [-0.15, -0.1) is 0 Å². The second kappa shape index (κ2) is 13.2. The Morgan fingerprint density at radius 2 is 1.28 bits per heavy atom. The molecule has 0 saturated heterocycles. The zero-order chi connectivity index (χ0) is 25.4. The first-order valence-corrected chi connectivity index (χ1v) is 14.2. The quantitative estimate of drug-likeness (QED) is 0.312. The Hall–Kier alpha value is -1.75. The fourth-order valence-corrected chi connectivity index (χ4v) is 6.24. The van der Waals surface area contributed by atoms with Crippen molar-refractivity contribution in [2.24, 2.45) is 29.6 Å². The molecule has 1 aromatic carbocycles. The maximum Gasteiger partial charge on any atom is 0.400 e. The normalized spacial score (nSPS) is 32.2. The van der Waals surface area contributed by atoms with Gasteiger partial charge in [0, 0.05) is 6.61 Å². The van der Waals surface area contributed by atoms with Crippen molar-refractivity contribution in [3.8, 4) is 5.75 Å². The van der Waals surface area contributed by atoms with Crippen molar-refractivity contribution in [3.05, 3.63) is 54.4 Å². The van der Waals surface area contributed by atoms with E-state index >= 15 is 0 Å². The molecule has 0 aromatic heterocycles. The lowest BCUT2D eigenvalue weighted by molar-refractivity contribution is -0.223. The SMILES string of the molecule is C/C=C/C1CCC(OCC2CCC(/C=C/C3CCC(C(F)(F)Oc4ccc(F)cc4)CC3)CC2)CC1. The summed E-state index contributed by atoms with van der Waals surface area (Å²) in [6, 6.07) is 4.80. The molecule has 3 aliphatic carbocycles. The van der Waals surface area contributed by atoms with Gasteiger partial charge in [-0.2, -0.15) is 8.78 Å². The molecular formula is C31H43F3O2. The van der Waals surface area contributed by atoms with E-state index in [1.165, 1.54) is 63.5 Å². The topological polar surface area (TPSA) is 18.5 Å². The van der Waals surface area contributed by atoms with Gasteiger partial charge in [-0.3, -0.25) is 0 Å². The molecule has 36 heavy (non-hydrogen) atoms. The van der Waals surface area contributed by atoms with E-state index in [1.807, 2.05) is 0 Å². The number of rotatable bonds is 9. The molecule has 2 nitrogen and oxygen atoms in total. The maximum atomic E-state index is 14.6. The van der Waals surface area contributed by atoms with E-state index in [0.717, 1.165) is 37.5 Å². The summed E-state index contributed by atoms with van der Waals surface area (Å²) < 4.78 is 53.5.